The molecule has 14 heavy (non-hydrogen) atoms. The van der Waals surface area contributed by atoms with Crippen molar-refractivity contribution in [3.63, 3.8) is 0 Å². The Morgan fingerprint density at radius 3 is 2.79 bits per heavy atom. The first-order chi connectivity index (χ1) is 6.52. The lowest BCUT2D eigenvalue weighted by Gasteiger charge is -2.08. The molecule has 78 valence electrons. The van der Waals surface area contributed by atoms with Crippen molar-refractivity contribution in [3.05, 3.63) is 26.8 Å². The number of nitrogens with zero attached hydrogens (tertiary/aromatic N) is 2. The highest BCUT2D eigenvalue weighted by atomic mass is 79.9. The zero-order valence-electron chi connectivity index (χ0n) is 8.75. The Labute approximate surface area is 92.3 Å². The van der Waals surface area contributed by atoms with Gasteiger partial charge in [-0.2, -0.15) is 0 Å². The van der Waals surface area contributed by atoms with E-state index in [0.717, 1.165) is 18.7 Å². The number of rotatable bonds is 3. The molecule has 1 rings (SSSR count). The van der Waals surface area contributed by atoms with Crippen LogP contribution in [0.1, 0.15) is 26.0 Å². The van der Waals surface area contributed by atoms with E-state index >= 15 is 0 Å². The van der Waals surface area contributed by atoms with Crippen LogP contribution >= 0.6 is 15.9 Å². The van der Waals surface area contributed by atoms with Crippen molar-refractivity contribution in [3.8, 4) is 0 Å². The van der Waals surface area contributed by atoms with E-state index in [1.165, 1.54) is 0 Å². The summed E-state index contributed by atoms with van der Waals surface area (Å²) in [5, 5.41) is 0. The summed E-state index contributed by atoms with van der Waals surface area (Å²) in [4.78, 5) is 15.8. The first-order valence-electron chi connectivity index (χ1n) is 4.74. The van der Waals surface area contributed by atoms with Crippen LogP contribution in [0.4, 0.5) is 0 Å². The molecule has 0 N–H and O–H groups in total. The van der Waals surface area contributed by atoms with Gasteiger partial charge in [0.05, 0.1) is 12.0 Å². The van der Waals surface area contributed by atoms with Crippen molar-refractivity contribution in [1.29, 1.82) is 0 Å². The number of aromatic nitrogens is 2. The van der Waals surface area contributed by atoms with Crippen LogP contribution < -0.4 is 5.56 Å². The van der Waals surface area contributed by atoms with E-state index < -0.39 is 0 Å². The lowest BCUT2D eigenvalue weighted by Crippen LogP contribution is -2.22. The summed E-state index contributed by atoms with van der Waals surface area (Å²) in [6.45, 7) is 6.84. The maximum absolute atomic E-state index is 11.7. The third-order valence-electron chi connectivity index (χ3n) is 2.10. The summed E-state index contributed by atoms with van der Waals surface area (Å²) in [5.41, 5.74) is 0.758. The molecule has 0 radical (unpaired) electrons. The van der Waals surface area contributed by atoms with Crippen molar-refractivity contribution in [2.24, 2.45) is 5.92 Å². The molecule has 0 aliphatic heterocycles. The SMILES string of the molecule is Cc1ncn(CCC(C)C)c(=O)c1Br. The highest BCUT2D eigenvalue weighted by molar-refractivity contribution is 9.10. The van der Waals surface area contributed by atoms with E-state index in [0.29, 0.717) is 10.4 Å². The van der Waals surface area contributed by atoms with Crippen molar-refractivity contribution in [2.45, 2.75) is 33.7 Å². The first kappa shape index (κ1) is 11.4. The largest absolute Gasteiger partial charge is 0.298 e. The molecule has 0 amide bonds. The topological polar surface area (TPSA) is 34.9 Å². The van der Waals surface area contributed by atoms with E-state index in [2.05, 4.69) is 34.8 Å². The van der Waals surface area contributed by atoms with Gasteiger partial charge < -0.3 is 0 Å². The smallest absolute Gasteiger partial charge is 0.267 e. The number of aryl methyl sites for hydroxylation is 2. The third-order valence-corrected chi connectivity index (χ3v) is 3.02. The number of halogens is 1. The molecule has 0 spiro atoms. The van der Waals surface area contributed by atoms with E-state index in [9.17, 15) is 4.79 Å². The Kier molecular flexibility index (Phi) is 3.86. The van der Waals surface area contributed by atoms with Gasteiger partial charge >= 0.3 is 0 Å². The molecule has 0 atom stereocenters. The van der Waals surface area contributed by atoms with Crippen LogP contribution in [0.25, 0.3) is 0 Å². The van der Waals surface area contributed by atoms with E-state index in [-0.39, 0.29) is 5.56 Å². The average Bonchev–Trinajstić information content (AvgIpc) is 2.13. The van der Waals surface area contributed by atoms with Gasteiger partial charge in [0.1, 0.15) is 4.47 Å². The molecule has 0 unspecified atom stereocenters. The molecule has 0 saturated heterocycles. The average molecular weight is 259 g/mol. The van der Waals surface area contributed by atoms with Crippen molar-refractivity contribution in [2.75, 3.05) is 0 Å². The van der Waals surface area contributed by atoms with E-state index in [4.69, 9.17) is 0 Å². The molecular formula is C10H15BrN2O. The summed E-state index contributed by atoms with van der Waals surface area (Å²) in [5.74, 6) is 0.599. The highest BCUT2D eigenvalue weighted by Crippen LogP contribution is 2.07. The second-order valence-corrected chi connectivity index (χ2v) is 4.62. The zero-order chi connectivity index (χ0) is 10.7. The fourth-order valence-electron chi connectivity index (χ4n) is 1.10. The van der Waals surface area contributed by atoms with Crippen LogP contribution in [0.3, 0.4) is 0 Å². The summed E-state index contributed by atoms with van der Waals surface area (Å²) < 4.78 is 2.22. The monoisotopic (exact) mass is 258 g/mol. The predicted octanol–water partition coefficient (Wildman–Crippen LogP) is 2.36. The molecule has 0 aliphatic rings. The van der Waals surface area contributed by atoms with Crippen LogP contribution in [-0.2, 0) is 6.54 Å². The molecular weight excluding hydrogens is 244 g/mol. The van der Waals surface area contributed by atoms with Gasteiger partial charge in [-0.05, 0) is 35.2 Å². The van der Waals surface area contributed by atoms with Crippen LogP contribution in [0, 0.1) is 12.8 Å². The van der Waals surface area contributed by atoms with E-state index in [1.807, 2.05) is 6.92 Å². The second-order valence-electron chi connectivity index (χ2n) is 3.83. The fraction of sp³-hybridized carbons (Fsp3) is 0.600. The highest BCUT2D eigenvalue weighted by Gasteiger charge is 2.05. The Morgan fingerprint density at radius 2 is 2.21 bits per heavy atom. The minimum Gasteiger partial charge on any atom is -0.298 e. The molecule has 0 fully saturated rings. The number of hydrogen-bond acceptors (Lipinski definition) is 2. The van der Waals surface area contributed by atoms with Gasteiger partial charge in [-0.15, -0.1) is 0 Å². The summed E-state index contributed by atoms with van der Waals surface area (Å²) >= 11 is 3.24. The second kappa shape index (κ2) is 4.73. The Bertz CT molecular complexity index is 371. The molecule has 4 heteroatoms. The van der Waals surface area contributed by atoms with Crippen LogP contribution in [0.15, 0.2) is 15.6 Å². The van der Waals surface area contributed by atoms with Crippen LogP contribution in [0.2, 0.25) is 0 Å². The van der Waals surface area contributed by atoms with Gasteiger partial charge in [-0.25, -0.2) is 4.98 Å². The standard InChI is InChI=1S/C10H15BrN2O/c1-7(2)4-5-13-6-12-8(3)9(11)10(13)14/h6-7H,4-5H2,1-3H3. The van der Waals surface area contributed by atoms with E-state index in [1.54, 1.807) is 10.9 Å². The van der Waals surface area contributed by atoms with Crippen molar-refractivity contribution >= 4 is 15.9 Å². The Hall–Kier alpha value is -0.640. The molecule has 0 aromatic carbocycles. The van der Waals surface area contributed by atoms with Gasteiger partial charge in [0.15, 0.2) is 0 Å². The normalized spacial score (nSPS) is 10.9. The molecule has 1 aromatic heterocycles. The van der Waals surface area contributed by atoms with Crippen LogP contribution in [-0.4, -0.2) is 9.55 Å². The van der Waals surface area contributed by atoms with Crippen LogP contribution in [0.5, 0.6) is 0 Å². The Morgan fingerprint density at radius 1 is 1.57 bits per heavy atom. The van der Waals surface area contributed by atoms with Gasteiger partial charge in [0.2, 0.25) is 0 Å². The summed E-state index contributed by atoms with van der Waals surface area (Å²) in [6, 6.07) is 0. The summed E-state index contributed by atoms with van der Waals surface area (Å²) in [6.07, 6.45) is 2.61. The molecule has 3 nitrogen and oxygen atoms in total. The van der Waals surface area contributed by atoms with Gasteiger partial charge in [0.25, 0.3) is 5.56 Å². The molecule has 0 aliphatic carbocycles. The molecule has 0 bridgehead atoms. The van der Waals surface area contributed by atoms with Gasteiger partial charge in [0, 0.05) is 6.54 Å². The Balaban J connectivity index is 2.89. The molecule has 0 saturated carbocycles. The van der Waals surface area contributed by atoms with Crippen molar-refractivity contribution in [1.82, 2.24) is 9.55 Å². The zero-order valence-corrected chi connectivity index (χ0v) is 10.3. The lowest BCUT2D eigenvalue weighted by molar-refractivity contribution is 0.502. The number of hydrogen-bond donors (Lipinski definition) is 0. The molecule has 1 heterocycles. The maximum atomic E-state index is 11.7. The van der Waals surface area contributed by atoms with Gasteiger partial charge in [-0.3, -0.25) is 9.36 Å². The lowest BCUT2D eigenvalue weighted by atomic mass is 10.1. The minimum atomic E-state index is 0.0122. The first-order valence-corrected chi connectivity index (χ1v) is 5.53. The molecule has 1 aromatic rings. The maximum Gasteiger partial charge on any atom is 0.267 e. The third kappa shape index (κ3) is 2.67. The quantitative estimate of drug-likeness (QED) is 0.835. The summed E-state index contributed by atoms with van der Waals surface area (Å²) in [7, 11) is 0. The fourth-order valence-corrected chi connectivity index (χ4v) is 1.43. The predicted molar refractivity (Wildman–Crippen MR) is 60.4 cm³/mol. The van der Waals surface area contributed by atoms with Crippen molar-refractivity contribution < 1.29 is 0 Å². The minimum absolute atomic E-state index is 0.0122. The van der Waals surface area contributed by atoms with Gasteiger partial charge in [-0.1, -0.05) is 13.8 Å².